The number of aromatic amines is 1. The summed E-state index contributed by atoms with van der Waals surface area (Å²) in [6.45, 7) is 0.755. The summed E-state index contributed by atoms with van der Waals surface area (Å²) in [7, 11) is 0. The number of hydrogen-bond donors (Lipinski definition) is 3. The fourth-order valence-corrected chi connectivity index (χ4v) is 1.89. The minimum Gasteiger partial charge on any atom is -0.408 e. The molecule has 1 aliphatic carbocycles. The number of nitrogens with two attached hydrogens (primary N) is 1. The van der Waals surface area contributed by atoms with Gasteiger partial charge in [-0.25, -0.2) is 4.79 Å². The smallest absolute Gasteiger partial charge is 0.408 e. The van der Waals surface area contributed by atoms with E-state index in [1.54, 1.807) is 0 Å². The Hall–Kier alpha value is -1.59. The Morgan fingerprint density at radius 2 is 2.35 bits per heavy atom. The molecule has 1 fully saturated rings. The molecule has 0 aliphatic heterocycles. The zero-order valence-electron chi connectivity index (χ0n) is 9.40. The monoisotopic (exact) mass is 233 g/mol. The molecule has 5 nitrogen and oxygen atoms in total. The molecule has 1 heterocycles. The zero-order valence-corrected chi connectivity index (χ0v) is 9.40. The van der Waals surface area contributed by atoms with Crippen molar-refractivity contribution in [3.63, 3.8) is 0 Å². The van der Waals surface area contributed by atoms with E-state index in [4.69, 9.17) is 10.2 Å². The second kappa shape index (κ2) is 4.01. The van der Waals surface area contributed by atoms with E-state index < -0.39 is 5.76 Å². The summed E-state index contributed by atoms with van der Waals surface area (Å²) in [4.78, 5) is 13.6. The standard InChI is InChI=1S/C12H15N3O2/c13-9(6-14-8-2-3-8)7-1-4-10-11(5-7)17-12(16)15-10/h1,4-5,8-9,14H,2-3,6,13H2,(H,15,16). The quantitative estimate of drug-likeness (QED) is 0.731. The number of hydrogen-bond acceptors (Lipinski definition) is 4. The minimum atomic E-state index is -0.429. The molecule has 1 atom stereocenters. The second-order valence-electron chi connectivity index (χ2n) is 4.56. The van der Waals surface area contributed by atoms with Gasteiger partial charge in [0, 0.05) is 18.6 Å². The molecule has 0 bridgehead atoms. The maximum Gasteiger partial charge on any atom is 0.417 e. The molecule has 17 heavy (non-hydrogen) atoms. The number of H-pyrrole nitrogens is 1. The normalized spacial score (nSPS) is 17.5. The molecule has 1 aromatic heterocycles. The van der Waals surface area contributed by atoms with Gasteiger partial charge in [-0.2, -0.15) is 0 Å². The summed E-state index contributed by atoms with van der Waals surface area (Å²) in [6.07, 6.45) is 2.50. The Morgan fingerprint density at radius 1 is 1.53 bits per heavy atom. The number of oxazole rings is 1. The molecule has 2 aromatic rings. The van der Waals surface area contributed by atoms with Gasteiger partial charge in [0.15, 0.2) is 5.58 Å². The molecule has 0 amide bonds. The van der Waals surface area contributed by atoms with Crippen LogP contribution in [-0.4, -0.2) is 17.6 Å². The van der Waals surface area contributed by atoms with E-state index >= 15 is 0 Å². The van der Waals surface area contributed by atoms with Crippen LogP contribution in [0, 0.1) is 0 Å². The lowest BCUT2D eigenvalue weighted by Crippen LogP contribution is -2.28. The van der Waals surface area contributed by atoms with Crippen LogP contribution >= 0.6 is 0 Å². The molecule has 3 rings (SSSR count). The van der Waals surface area contributed by atoms with Crippen LogP contribution in [0.1, 0.15) is 24.4 Å². The summed E-state index contributed by atoms with van der Waals surface area (Å²) in [5, 5.41) is 3.38. The van der Waals surface area contributed by atoms with Gasteiger partial charge >= 0.3 is 5.76 Å². The molecular weight excluding hydrogens is 218 g/mol. The highest BCUT2D eigenvalue weighted by Crippen LogP contribution is 2.21. The number of benzene rings is 1. The minimum absolute atomic E-state index is 0.0693. The summed E-state index contributed by atoms with van der Waals surface area (Å²) in [5.41, 5.74) is 8.33. The highest BCUT2D eigenvalue weighted by atomic mass is 16.4. The third kappa shape index (κ3) is 2.25. The average Bonchev–Trinajstić information content (AvgIpc) is 3.06. The van der Waals surface area contributed by atoms with Gasteiger partial charge in [0.25, 0.3) is 0 Å². The molecule has 0 spiro atoms. The van der Waals surface area contributed by atoms with E-state index in [1.807, 2.05) is 18.2 Å². The topological polar surface area (TPSA) is 84.0 Å². The predicted octanol–water partition coefficient (Wildman–Crippen LogP) is 0.873. The highest BCUT2D eigenvalue weighted by molar-refractivity contribution is 5.72. The Balaban J connectivity index is 1.80. The van der Waals surface area contributed by atoms with Crippen molar-refractivity contribution in [1.29, 1.82) is 0 Å². The molecule has 4 N–H and O–H groups in total. The maximum atomic E-state index is 11.0. The molecule has 0 radical (unpaired) electrons. The molecule has 0 saturated heterocycles. The van der Waals surface area contributed by atoms with Crippen LogP contribution in [0.25, 0.3) is 11.1 Å². The zero-order chi connectivity index (χ0) is 11.8. The Morgan fingerprint density at radius 3 is 3.12 bits per heavy atom. The average molecular weight is 233 g/mol. The Labute approximate surface area is 98.0 Å². The lowest BCUT2D eigenvalue weighted by atomic mass is 10.1. The largest absolute Gasteiger partial charge is 0.417 e. The fourth-order valence-electron chi connectivity index (χ4n) is 1.89. The first-order valence-electron chi connectivity index (χ1n) is 5.84. The fraction of sp³-hybridized carbons (Fsp3) is 0.417. The van der Waals surface area contributed by atoms with Gasteiger partial charge in [0.1, 0.15) is 0 Å². The van der Waals surface area contributed by atoms with E-state index in [9.17, 15) is 4.79 Å². The highest BCUT2D eigenvalue weighted by Gasteiger charge is 2.21. The van der Waals surface area contributed by atoms with Crippen molar-refractivity contribution in [1.82, 2.24) is 10.3 Å². The number of fused-ring (bicyclic) bond motifs is 1. The van der Waals surface area contributed by atoms with Crippen molar-refractivity contribution >= 4 is 11.1 Å². The lowest BCUT2D eigenvalue weighted by Gasteiger charge is -2.12. The third-order valence-corrected chi connectivity index (χ3v) is 3.08. The van der Waals surface area contributed by atoms with Gasteiger partial charge in [-0.15, -0.1) is 0 Å². The summed E-state index contributed by atoms with van der Waals surface area (Å²) < 4.78 is 5.01. The van der Waals surface area contributed by atoms with Crippen molar-refractivity contribution < 1.29 is 4.42 Å². The first-order chi connectivity index (χ1) is 8.22. The van der Waals surface area contributed by atoms with Crippen LogP contribution in [0.5, 0.6) is 0 Å². The molecule has 1 unspecified atom stereocenters. The van der Waals surface area contributed by atoms with Gasteiger partial charge < -0.3 is 15.5 Å². The maximum absolute atomic E-state index is 11.0. The van der Waals surface area contributed by atoms with Gasteiger partial charge in [-0.05, 0) is 30.5 Å². The summed E-state index contributed by atoms with van der Waals surface area (Å²) in [6, 6.07) is 6.15. The van der Waals surface area contributed by atoms with Crippen LogP contribution in [-0.2, 0) is 0 Å². The van der Waals surface area contributed by atoms with Crippen molar-refractivity contribution in [3.05, 3.63) is 34.3 Å². The van der Waals surface area contributed by atoms with Crippen molar-refractivity contribution in [2.75, 3.05) is 6.54 Å². The molecule has 1 aromatic carbocycles. The van der Waals surface area contributed by atoms with Crippen molar-refractivity contribution in [2.24, 2.45) is 5.73 Å². The Kier molecular flexibility index (Phi) is 2.49. The van der Waals surface area contributed by atoms with E-state index in [0.29, 0.717) is 17.1 Å². The predicted molar refractivity (Wildman–Crippen MR) is 64.8 cm³/mol. The molecule has 1 saturated carbocycles. The van der Waals surface area contributed by atoms with Crippen LogP contribution in [0.4, 0.5) is 0 Å². The molecular formula is C12H15N3O2. The first kappa shape index (κ1) is 10.6. The summed E-state index contributed by atoms with van der Waals surface area (Å²) >= 11 is 0. The first-order valence-corrected chi connectivity index (χ1v) is 5.84. The van der Waals surface area contributed by atoms with Crippen molar-refractivity contribution in [2.45, 2.75) is 24.9 Å². The van der Waals surface area contributed by atoms with Crippen molar-refractivity contribution in [3.8, 4) is 0 Å². The molecule has 90 valence electrons. The SMILES string of the molecule is NC(CNC1CC1)c1ccc2[nH]c(=O)oc2c1. The van der Waals surface area contributed by atoms with E-state index in [0.717, 1.165) is 12.1 Å². The van der Waals surface area contributed by atoms with Crippen LogP contribution in [0.3, 0.4) is 0 Å². The molecule has 1 aliphatic rings. The number of rotatable bonds is 4. The van der Waals surface area contributed by atoms with Crippen LogP contribution in [0.15, 0.2) is 27.4 Å². The summed E-state index contributed by atoms with van der Waals surface area (Å²) in [5.74, 6) is -0.429. The van der Waals surface area contributed by atoms with E-state index in [-0.39, 0.29) is 6.04 Å². The van der Waals surface area contributed by atoms with Gasteiger partial charge in [-0.1, -0.05) is 6.07 Å². The second-order valence-corrected chi connectivity index (χ2v) is 4.56. The number of nitrogens with one attached hydrogen (secondary N) is 2. The lowest BCUT2D eigenvalue weighted by molar-refractivity contribution is 0.553. The molecule has 5 heteroatoms. The van der Waals surface area contributed by atoms with Gasteiger partial charge in [-0.3, -0.25) is 4.98 Å². The van der Waals surface area contributed by atoms with Gasteiger partial charge in [0.05, 0.1) is 5.52 Å². The Bertz CT molecular complexity index is 583. The number of aromatic nitrogens is 1. The van der Waals surface area contributed by atoms with E-state index in [2.05, 4.69) is 10.3 Å². The van der Waals surface area contributed by atoms with Gasteiger partial charge in [0.2, 0.25) is 0 Å². The van der Waals surface area contributed by atoms with Crippen LogP contribution < -0.4 is 16.8 Å². The third-order valence-electron chi connectivity index (χ3n) is 3.08. The van der Waals surface area contributed by atoms with E-state index in [1.165, 1.54) is 12.8 Å². The van der Waals surface area contributed by atoms with Crippen LogP contribution in [0.2, 0.25) is 0 Å².